The maximum atomic E-state index is 12.6. The number of H-pyrrole nitrogens is 1. The summed E-state index contributed by atoms with van der Waals surface area (Å²) in [7, 11) is 0. The van der Waals surface area contributed by atoms with Crippen molar-refractivity contribution in [3.8, 4) is 0 Å². The van der Waals surface area contributed by atoms with Crippen LogP contribution >= 0.6 is 11.6 Å². The van der Waals surface area contributed by atoms with Gasteiger partial charge in [0.2, 0.25) is 0 Å². The van der Waals surface area contributed by atoms with Crippen LogP contribution in [0, 0.1) is 6.92 Å². The van der Waals surface area contributed by atoms with Crippen LogP contribution in [0.4, 0.5) is 0 Å². The summed E-state index contributed by atoms with van der Waals surface area (Å²) in [6.07, 6.45) is 2.94. The molecule has 1 aromatic carbocycles. The molecule has 0 aliphatic carbocycles. The lowest BCUT2D eigenvalue weighted by molar-refractivity contribution is 0.577. The van der Waals surface area contributed by atoms with Gasteiger partial charge in [0.1, 0.15) is 12.2 Å². The first-order valence-corrected chi connectivity index (χ1v) is 6.48. The Morgan fingerprint density at radius 3 is 2.85 bits per heavy atom. The Bertz CT molecular complexity index is 825. The van der Waals surface area contributed by atoms with Gasteiger partial charge in [-0.1, -0.05) is 11.6 Å². The number of aryl methyl sites for hydroxylation is 1. The first kappa shape index (κ1) is 12.8. The van der Waals surface area contributed by atoms with Gasteiger partial charge in [0.05, 0.1) is 23.3 Å². The van der Waals surface area contributed by atoms with Crippen LogP contribution in [-0.4, -0.2) is 24.7 Å². The minimum atomic E-state index is -0.277. The molecule has 0 spiro atoms. The molecule has 1 atom stereocenters. The molecule has 0 amide bonds. The van der Waals surface area contributed by atoms with Gasteiger partial charge in [-0.2, -0.15) is 5.10 Å². The van der Waals surface area contributed by atoms with Gasteiger partial charge in [-0.25, -0.2) is 9.97 Å². The van der Waals surface area contributed by atoms with Crippen LogP contribution in [0.5, 0.6) is 0 Å². The molecule has 0 aliphatic heterocycles. The Kier molecular flexibility index (Phi) is 3.02. The lowest BCUT2D eigenvalue weighted by atomic mass is 10.1. The molecule has 3 rings (SSSR count). The Morgan fingerprint density at radius 1 is 1.35 bits per heavy atom. The van der Waals surface area contributed by atoms with Crippen LogP contribution in [0.15, 0.2) is 29.6 Å². The zero-order chi connectivity index (χ0) is 14.3. The molecular formula is C13H12ClN5O. The molecule has 0 radical (unpaired) electrons. The summed E-state index contributed by atoms with van der Waals surface area (Å²) in [5, 5.41) is 7.59. The van der Waals surface area contributed by atoms with Crippen molar-refractivity contribution in [2.24, 2.45) is 0 Å². The molecule has 0 saturated carbocycles. The fourth-order valence-electron chi connectivity index (χ4n) is 2.21. The zero-order valence-electron chi connectivity index (χ0n) is 11.0. The number of nitrogens with one attached hydrogen (secondary N) is 1. The molecule has 7 heteroatoms. The van der Waals surface area contributed by atoms with Gasteiger partial charge in [-0.3, -0.25) is 14.5 Å². The van der Waals surface area contributed by atoms with E-state index in [1.54, 1.807) is 12.1 Å². The van der Waals surface area contributed by atoms with Gasteiger partial charge in [0.15, 0.2) is 0 Å². The highest BCUT2D eigenvalue weighted by molar-refractivity contribution is 6.31. The monoisotopic (exact) mass is 289 g/mol. The molecular weight excluding hydrogens is 278 g/mol. The van der Waals surface area contributed by atoms with E-state index in [-0.39, 0.29) is 11.6 Å². The minimum Gasteiger partial charge on any atom is -0.288 e. The number of halogens is 1. The van der Waals surface area contributed by atoms with E-state index < -0.39 is 0 Å². The van der Waals surface area contributed by atoms with Crippen LogP contribution in [-0.2, 0) is 0 Å². The number of hydrogen-bond acceptors (Lipinski definition) is 4. The fraction of sp³-hybridized carbons (Fsp3) is 0.231. The van der Waals surface area contributed by atoms with E-state index in [1.807, 2.05) is 13.8 Å². The summed E-state index contributed by atoms with van der Waals surface area (Å²) < 4.78 is 1.51. The first-order valence-electron chi connectivity index (χ1n) is 6.10. The predicted molar refractivity (Wildman–Crippen MR) is 75.9 cm³/mol. The maximum absolute atomic E-state index is 12.6. The molecule has 0 fully saturated rings. The Morgan fingerprint density at radius 2 is 2.15 bits per heavy atom. The smallest absolute Gasteiger partial charge is 0.261 e. The van der Waals surface area contributed by atoms with Crippen LogP contribution in [0.25, 0.3) is 10.9 Å². The molecule has 0 unspecified atom stereocenters. The molecule has 0 bridgehead atoms. The molecule has 0 aliphatic rings. The maximum Gasteiger partial charge on any atom is 0.261 e. The highest BCUT2D eigenvalue weighted by atomic mass is 35.5. The van der Waals surface area contributed by atoms with Gasteiger partial charge < -0.3 is 0 Å². The third-order valence-corrected chi connectivity index (χ3v) is 3.51. The van der Waals surface area contributed by atoms with Crippen LogP contribution in [0.3, 0.4) is 0 Å². The van der Waals surface area contributed by atoms with Gasteiger partial charge in [0, 0.05) is 5.02 Å². The van der Waals surface area contributed by atoms with Gasteiger partial charge in [-0.05, 0) is 31.5 Å². The summed E-state index contributed by atoms with van der Waals surface area (Å²) in [6.45, 7) is 3.73. The highest BCUT2D eigenvalue weighted by Crippen LogP contribution is 2.20. The van der Waals surface area contributed by atoms with E-state index in [0.717, 1.165) is 5.56 Å². The molecule has 102 valence electrons. The Hall–Kier alpha value is -2.21. The lowest BCUT2D eigenvalue weighted by Gasteiger charge is -2.13. The SMILES string of the molecule is Cc1cc(Cl)cc2c(=O)n([C@@H](C)c3ncn[nH]3)cnc12. The van der Waals surface area contributed by atoms with Crippen molar-refractivity contribution < 1.29 is 0 Å². The van der Waals surface area contributed by atoms with E-state index in [9.17, 15) is 4.79 Å². The second-order valence-corrected chi connectivity index (χ2v) is 5.06. The van der Waals surface area contributed by atoms with Crippen molar-refractivity contribution in [3.63, 3.8) is 0 Å². The number of hydrogen-bond donors (Lipinski definition) is 1. The molecule has 3 aromatic rings. The van der Waals surface area contributed by atoms with Crippen molar-refractivity contribution in [3.05, 3.63) is 51.6 Å². The molecule has 6 nitrogen and oxygen atoms in total. The van der Waals surface area contributed by atoms with Gasteiger partial charge in [0.25, 0.3) is 5.56 Å². The minimum absolute atomic E-state index is 0.149. The third kappa shape index (κ3) is 1.98. The third-order valence-electron chi connectivity index (χ3n) is 3.29. The van der Waals surface area contributed by atoms with Crippen molar-refractivity contribution in [2.75, 3.05) is 0 Å². The number of benzene rings is 1. The number of rotatable bonds is 2. The average Bonchev–Trinajstić information content (AvgIpc) is 2.93. The van der Waals surface area contributed by atoms with Crippen molar-refractivity contribution in [1.29, 1.82) is 0 Å². The van der Waals surface area contributed by atoms with E-state index in [2.05, 4.69) is 20.2 Å². The summed E-state index contributed by atoms with van der Waals surface area (Å²) in [5.41, 5.74) is 1.40. The summed E-state index contributed by atoms with van der Waals surface area (Å²) in [5.74, 6) is 0.604. The van der Waals surface area contributed by atoms with Crippen molar-refractivity contribution in [1.82, 2.24) is 24.7 Å². The average molecular weight is 290 g/mol. The van der Waals surface area contributed by atoms with Crippen LogP contribution in [0.2, 0.25) is 5.02 Å². The first-order chi connectivity index (χ1) is 9.58. The standard InChI is InChI=1S/C13H12ClN5O/c1-7-3-9(14)4-10-11(7)16-6-19(13(10)20)8(2)12-15-5-17-18-12/h3-6,8H,1-2H3,(H,15,17,18)/t8-/m0/s1. The van der Waals surface area contributed by atoms with Crippen molar-refractivity contribution in [2.45, 2.75) is 19.9 Å². The van der Waals surface area contributed by atoms with Gasteiger partial charge >= 0.3 is 0 Å². The topological polar surface area (TPSA) is 76.5 Å². The summed E-state index contributed by atoms with van der Waals surface area (Å²) >= 11 is 6.02. The van der Waals surface area contributed by atoms with Crippen molar-refractivity contribution >= 4 is 22.5 Å². The molecule has 2 aromatic heterocycles. The zero-order valence-corrected chi connectivity index (χ0v) is 11.7. The summed E-state index contributed by atoms with van der Waals surface area (Å²) in [4.78, 5) is 21.0. The van der Waals surface area contributed by atoms with E-state index in [1.165, 1.54) is 17.2 Å². The predicted octanol–water partition coefficient (Wildman–Crippen LogP) is 2.09. The Labute approximate surface area is 119 Å². The second-order valence-electron chi connectivity index (χ2n) is 4.62. The molecule has 0 saturated heterocycles. The largest absolute Gasteiger partial charge is 0.288 e. The quantitative estimate of drug-likeness (QED) is 0.783. The lowest BCUT2D eigenvalue weighted by Crippen LogP contribution is -2.25. The molecule has 20 heavy (non-hydrogen) atoms. The van der Waals surface area contributed by atoms with Crippen LogP contribution < -0.4 is 5.56 Å². The van der Waals surface area contributed by atoms with Gasteiger partial charge in [-0.15, -0.1) is 0 Å². The molecule has 2 heterocycles. The fourth-order valence-corrected chi connectivity index (χ4v) is 2.48. The summed E-state index contributed by atoms with van der Waals surface area (Å²) in [6, 6.07) is 3.16. The normalized spacial score (nSPS) is 12.8. The number of aromatic amines is 1. The number of nitrogens with zero attached hydrogens (tertiary/aromatic N) is 4. The van der Waals surface area contributed by atoms with E-state index >= 15 is 0 Å². The number of fused-ring (bicyclic) bond motifs is 1. The van der Waals surface area contributed by atoms with Crippen LogP contribution in [0.1, 0.15) is 24.4 Å². The van der Waals surface area contributed by atoms with E-state index in [4.69, 9.17) is 11.6 Å². The molecule has 1 N–H and O–H groups in total. The Balaban J connectivity index is 2.24. The highest BCUT2D eigenvalue weighted by Gasteiger charge is 2.15. The van der Waals surface area contributed by atoms with E-state index in [0.29, 0.717) is 21.7 Å². The second kappa shape index (κ2) is 4.72. The number of aromatic nitrogens is 5.